The lowest BCUT2D eigenvalue weighted by Crippen LogP contribution is -2.53. The Labute approximate surface area is 237 Å². The lowest BCUT2D eigenvalue weighted by Gasteiger charge is -2.33. The molecule has 0 radical (unpaired) electrons. The Kier molecular flexibility index (Phi) is 10.3. The fraction of sp³-hybridized carbons (Fsp3) is 0.481. The number of nitrogens with zero attached hydrogens (tertiary/aromatic N) is 2. The van der Waals surface area contributed by atoms with E-state index in [1.54, 1.807) is 24.3 Å². The van der Waals surface area contributed by atoms with Crippen molar-refractivity contribution in [2.24, 2.45) is 0 Å². The number of anilines is 1. The van der Waals surface area contributed by atoms with Crippen LogP contribution in [0.4, 0.5) is 18.9 Å². The summed E-state index contributed by atoms with van der Waals surface area (Å²) >= 11 is 5.71. The standard InChI is InChI=1S/C27H33ClF3N3O5S/c1-18(26(36)32-20-9-5-4-6-10-20)33(16-19-8-7-11-22(14-19)39-2)25(35)17-34(40(3,37)38)21-12-13-24(28)23(15-21)27(29,30)31/h7-8,11-15,18,20H,4-6,9-10,16-17H2,1-3H3,(H,32,36)/t18-/m0/s1. The lowest BCUT2D eigenvalue weighted by molar-refractivity contribution is -0.139. The number of methoxy groups -OCH3 is 1. The molecule has 8 nitrogen and oxygen atoms in total. The molecule has 1 fully saturated rings. The first-order valence-electron chi connectivity index (χ1n) is 12.8. The lowest BCUT2D eigenvalue weighted by atomic mass is 9.95. The number of benzene rings is 2. The summed E-state index contributed by atoms with van der Waals surface area (Å²) in [4.78, 5) is 28.1. The first kappa shape index (κ1) is 31.5. The number of hydrogen-bond donors (Lipinski definition) is 1. The fourth-order valence-electron chi connectivity index (χ4n) is 4.62. The van der Waals surface area contributed by atoms with Crippen LogP contribution in [-0.4, -0.2) is 57.1 Å². The first-order chi connectivity index (χ1) is 18.7. The van der Waals surface area contributed by atoms with E-state index in [0.29, 0.717) is 21.7 Å². The Morgan fingerprint density at radius 2 is 1.80 bits per heavy atom. The van der Waals surface area contributed by atoms with Crippen LogP contribution in [0.25, 0.3) is 0 Å². The molecule has 0 unspecified atom stereocenters. The van der Waals surface area contributed by atoms with E-state index in [1.807, 2.05) is 0 Å². The van der Waals surface area contributed by atoms with Crippen molar-refractivity contribution in [1.29, 1.82) is 0 Å². The molecule has 2 amide bonds. The van der Waals surface area contributed by atoms with E-state index in [4.69, 9.17) is 16.3 Å². The highest BCUT2D eigenvalue weighted by Crippen LogP contribution is 2.37. The van der Waals surface area contributed by atoms with Crippen LogP contribution in [0.5, 0.6) is 5.75 Å². The summed E-state index contributed by atoms with van der Waals surface area (Å²) in [5.41, 5.74) is -1.00. The molecule has 0 saturated heterocycles. The minimum Gasteiger partial charge on any atom is -0.497 e. The predicted molar refractivity (Wildman–Crippen MR) is 147 cm³/mol. The van der Waals surface area contributed by atoms with Crippen LogP contribution >= 0.6 is 11.6 Å². The van der Waals surface area contributed by atoms with Crippen molar-refractivity contribution >= 4 is 39.1 Å². The topological polar surface area (TPSA) is 96.0 Å². The van der Waals surface area contributed by atoms with Crippen LogP contribution in [-0.2, 0) is 32.3 Å². The number of carbonyl (C=O) groups excluding carboxylic acids is 2. The molecular weight excluding hydrogens is 571 g/mol. The van der Waals surface area contributed by atoms with Gasteiger partial charge in [-0.25, -0.2) is 8.42 Å². The van der Waals surface area contributed by atoms with Gasteiger partial charge in [0.2, 0.25) is 21.8 Å². The summed E-state index contributed by atoms with van der Waals surface area (Å²) in [6.45, 7) is 0.634. The average Bonchev–Trinajstić information content (AvgIpc) is 2.89. The van der Waals surface area contributed by atoms with Crippen LogP contribution in [0, 0.1) is 0 Å². The van der Waals surface area contributed by atoms with Crippen molar-refractivity contribution in [3.63, 3.8) is 0 Å². The quantitative estimate of drug-likeness (QED) is 0.412. The van der Waals surface area contributed by atoms with E-state index in [1.165, 1.54) is 18.9 Å². The third-order valence-corrected chi connectivity index (χ3v) is 8.30. The van der Waals surface area contributed by atoms with Crippen molar-refractivity contribution in [3.8, 4) is 5.75 Å². The minimum absolute atomic E-state index is 0.0279. The zero-order valence-corrected chi connectivity index (χ0v) is 24.1. The maximum Gasteiger partial charge on any atom is 0.417 e. The molecule has 0 aromatic heterocycles. The summed E-state index contributed by atoms with van der Waals surface area (Å²) in [6.07, 6.45) is 0.638. The molecular formula is C27H33ClF3N3O5S. The van der Waals surface area contributed by atoms with Crippen LogP contribution in [0.2, 0.25) is 5.02 Å². The Hall–Kier alpha value is -2.99. The molecule has 220 valence electrons. The van der Waals surface area contributed by atoms with Gasteiger partial charge in [0, 0.05) is 12.6 Å². The van der Waals surface area contributed by atoms with Gasteiger partial charge in [-0.1, -0.05) is 43.0 Å². The Balaban J connectivity index is 1.94. The molecule has 2 aromatic carbocycles. The van der Waals surface area contributed by atoms with E-state index in [0.717, 1.165) is 50.5 Å². The first-order valence-corrected chi connectivity index (χ1v) is 15.0. The fourth-order valence-corrected chi connectivity index (χ4v) is 5.68. The molecule has 1 aliphatic carbocycles. The number of halogens is 4. The summed E-state index contributed by atoms with van der Waals surface area (Å²) in [5.74, 6) is -0.661. The second-order valence-electron chi connectivity index (χ2n) is 9.82. The highest BCUT2D eigenvalue weighted by molar-refractivity contribution is 7.92. The van der Waals surface area contributed by atoms with Crippen LogP contribution in [0.3, 0.4) is 0 Å². The van der Waals surface area contributed by atoms with Crippen molar-refractivity contribution in [2.75, 3.05) is 24.2 Å². The van der Waals surface area contributed by atoms with Gasteiger partial charge in [0.1, 0.15) is 18.3 Å². The maximum atomic E-state index is 13.7. The Morgan fingerprint density at radius 1 is 1.12 bits per heavy atom. The minimum atomic E-state index is -4.84. The zero-order valence-electron chi connectivity index (χ0n) is 22.5. The number of alkyl halides is 3. The molecule has 0 aliphatic heterocycles. The van der Waals surface area contributed by atoms with E-state index in [2.05, 4.69) is 5.32 Å². The van der Waals surface area contributed by atoms with Gasteiger partial charge >= 0.3 is 6.18 Å². The Bertz CT molecular complexity index is 1320. The molecule has 1 aliphatic rings. The highest BCUT2D eigenvalue weighted by Gasteiger charge is 2.36. The molecule has 1 N–H and O–H groups in total. The van der Waals surface area contributed by atoms with Crippen molar-refractivity contribution in [1.82, 2.24) is 10.2 Å². The second-order valence-corrected chi connectivity index (χ2v) is 12.1. The van der Waals surface area contributed by atoms with Crippen LogP contribution in [0.1, 0.15) is 50.2 Å². The highest BCUT2D eigenvalue weighted by atomic mass is 35.5. The van der Waals surface area contributed by atoms with E-state index >= 15 is 0 Å². The van der Waals surface area contributed by atoms with Gasteiger partial charge in [0.05, 0.1) is 29.6 Å². The smallest absolute Gasteiger partial charge is 0.417 e. The summed E-state index contributed by atoms with van der Waals surface area (Å²) in [7, 11) is -2.74. The van der Waals surface area contributed by atoms with Gasteiger partial charge in [0.25, 0.3) is 0 Å². The van der Waals surface area contributed by atoms with Gasteiger partial charge in [-0.3, -0.25) is 13.9 Å². The van der Waals surface area contributed by atoms with Gasteiger partial charge in [0.15, 0.2) is 0 Å². The Morgan fingerprint density at radius 3 is 2.40 bits per heavy atom. The molecule has 0 spiro atoms. The van der Waals surface area contributed by atoms with Crippen molar-refractivity contribution in [2.45, 2.75) is 63.8 Å². The maximum absolute atomic E-state index is 13.7. The third-order valence-electron chi connectivity index (χ3n) is 6.83. The van der Waals surface area contributed by atoms with E-state index < -0.39 is 51.2 Å². The summed E-state index contributed by atoms with van der Waals surface area (Å²) < 4.78 is 71.7. The van der Waals surface area contributed by atoms with Gasteiger partial charge in [-0.05, 0) is 55.7 Å². The van der Waals surface area contributed by atoms with Gasteiger partial charge < -0.3 is 15.0 Å². The summed E-state index contributed by atoms with van der Waals surface area (Å²) in [5, 5.41) is 2.37. The van der Waals surface area contributed by atoms with E-state index in [-0.39, 0.29) is 18.3 Å². The third kappa shape index (κ3) is 8.26. The number of sulfonamides is 1. The molecule has 13 heteroatoms. The van der Waals surface area contributed by atoms with Crippen molar-refractivity contribution in [3.05, 3.63) is 58.6 Å². The normalized spacial score (nSPS) is 15.3. The molecule has 0 bridgehead atoms. The molecule has 1 atom stereocenters. The summed E-state index contributed by atoms with van der Waals surface area (Å²) in [6, 6.07) is 8.39. The number of ether oxygens (including phenoxy) is 1. The molecule has 1 saturated carbocycles. The molecule has 0 heterocycles. The van der Waals surface area contributed by atoms with E-state index in [9.17, 15) is 31.2 Å². The monoisotopic (exact) mass is 603 g/mol. The molecule has 40 heavy (non-hydrogen) atoms. The van der Waals surface area contributed by atoms with Gasteiger partial charge in [-0.15, -0.1) is 0 Å². The molecule has 2 aromatic rings. The number of rotatable bonds is 10. The number of amides is 2. The van der Waals surface area contributed by atoms with Gasteiger partial charge in [-0.2, -0.15) is 13.2 Å². The predicted octanol–water partition coefficient (Wildman–Crippen LogP) is 5.00. The number of nitrogens with one attached hydrogen (secondary N) is 1. The number of carbonyl (C=O) groups is 2. The SMILES string of the molecule is COc1cccc(CN(C(=O)CN(c2ccc(Cl)c(C(F)(F)F)c2)S(C)(=O)=O)[C@@H](C)C(=O)NC2CCCCC2)c1. The second kappa shape index (κ2) is 13.1. The van der Waals surface area contributed by atoms with Crippen molar-refractivity contribution < 1.29 is 35.9 Å². The van der Waals surface area contributed by atoms with Crippen LogP contribution < -0.4 is 14.4 Å². The van der Waals surface area contributed by atoms with Crippen LogP contribution in [0.15, 0.2) is 42.5 Å². The average molecular weight is 604 g/mol. The molecule has 3 rings (SSSR count). The number of hydrogen-bond acceptors (Lipinski definition) is 5. The zero-order chi connectivity index (χ0) is 29.7. The largest absolute Gasteiger partial charge is 0.497 e.